The van der Waals surface area contributed by atoms with Crippen molar-refractivity contribution in [3.05, 3.63) is 18.3 Å². The number of rotatable bonds is 6. The van der Waals surface area contributed by atoms with Gasteiger partial charge in [0.25, 0.3) is 0 Å². The van der Waals surface area contributed by atoms with E-state index in [-0.39, 0.29) is 23.5 Å². The number of hydrogen-bond acceptors (Lipinski definition) is 6. The molecule has 1 heterocycles. The van der Waals surface area contributed by atoms with Crippen molar-refractivity contribution in [3.63, 3.8) is 0 Å². The van der Waals surface area contributed by atoms with Crippen molar-refractivity contribution in [1.82, 2.24) is 4.98 Å². The summed E-state index contributed by atoms with van der Waals surface area (Å²) in [6.45, 7) is 2.07. The first-order valence-corrected chi connectivity index (χ1v) is 8.40. The van der Waals surface area contributed by atoms with Crippen molar-refractivity contribution >= 4 is 21.6 Å². The lowest BCUT2D eigenvalue weighted by Crippen LogP contribution is -2.34. The molecule has 1 aliphatic rings. The van der Waals surface area contributed by atoms with Crippen molar-refractivity contribution in [3.8, 4) is 0 Å². The molecular formula is C13H18N2O4S. The standard InChI is InChI=1S/C13H18N2O4S/c1-3-19-12(16)9-15(10-6-7-10)13-11(20(2,17)18)5-4-8-14-13/h4-5,8,10H,3,6-7,9H2,1-2H3. The van der Waals surface area contributed by atoms with E-state index in [9.17, 15) is 13.2 Å². The largest absolute Gasteiger partial charge is 0.465 e. The van der Waals surface area contributed by atoms with Crippen molar-refractivity contribution in [1.29, 1.82) is 0 Å². The van der Waals surface area contributed by atoms with Crippen LogP contribution in [0.1, 0.15) is 19.8 Å². The van der Waals surface area contributed by atoms with Gasteiger partial charge in [-0.1, -0.05) is 0 Å². The lowest BCUT2D eigenvalue weighted by molar-refractivity contribution is -0.141. The van der Waals surface area contributed by atoms with Crippen molar-refractivity contribution in [2.75, 3.05) is 24.3 Å². The zero-order valence-corrected chi connectivity index (χ0v) is 12.4. The van der Waals surface area contributed by atoms with Gasteiger partial charge in [-0.05, 0) is 31.9 Å². The van der Waals surface area contributed by atoms with E-state index in [0.717, 1.165) is 19.1 Å². The first-order valence-electron chi connectivity index (χ1n) is 6.50. The zero-order valence-electron chi connectivity index (χ0n) is 11.6. The maximum Gasteiger partial charge on any atom is 0.325 e. The maximum absolute atomic E-state index is 11.8. The minimum atomic E-state index is -3.39. The predicted molar refractivity (Wildman–Crippen MR) is 74.3 cm³/mol. The molecule has 1 aromatic rings. The summed E-state index contributed by atoms with van der Waals surface area (Å²) in [6.07, 6.45) is 4.53. The van der Waals surface area contributed by atoms with Crippen LogP contribution < -0.4 is 4.90 Å². The number of anilines is 1. The second-order valence-electron chi connectivity index (χ2n) is 4.76. The van der Waals surface area contributed by atoms with E-state index in [1.165, 1.54) is 12.3 Å². The molecule has 0 saturated heterocycles. The molecule has 1 fully saturated rings. The first kappa shape index (κ1) is 14.8. The fraction of sp³-hybridized carbons (Fsp3) is 0.538. The molecule has 0 unspecified atom stereocenters. The molecule has 0 spiro atoms. The third kappa shape index (κ3) is 3.47. The second-order valence-corrected chi connectivity index (χ2v) is 6.75. The van der Waals surface area contributed by atoms with E-state index < -0.39 is 9.84 Å². The van der Waals surface area contributed by atoms with Gasteiger partial charge in [-0.15, -0.1) is 0 Å². The van der Waals surface area contributed by atoms with Crippen molar-refractivity contribution < 1.29 is 17.9 Å². The van der Waals surface area contributed by atoms with Gasteiger partial charge in [0.05, 0.1) is 6.61 Å². The van der Waals surface area contributed by atoms with Gasteiger partial charge in [0.15, 0.2) is 9.84 Å². The number of nitrogens with zero attached hydrogens (tertiary/aromatic N) is 2. The van der Waals surface area contributed by atoms with Crippen LogP contribution in [0, 0.1) is 0 Å². The van der Waals surface area contributed by atoms with Gasteiger partial charge in [-0.3, -0.25) is 4.79 Å². The molecule has 6 nitrogen and oxygen atoms in total. The van der Waals surface area contributed by atoms with Crippen LogP contribution in [-0.4, -0.2) is 44.8 Å². The third-order valence-corrected chi connectivity index (χ3v) is 4.13. The van der Waals surface area contributed by atoms with Crippen LogP contribution in [0.3, 0.4) is 0 Å². The van der Waals surface area contributed by atoms with Crippen LogP contribution in [0.4, 0.5) is 5.82 Å². The van der Waals surface area contributed by atoms with Gasteiger partial charge in [-0.25, -0.2) is 13.4 Å². The van der Waals surface area contributed by atoms with E-state index >= 15 is 0 Å². The predicted octanol–water partition coefficient (Wildman–Crippen LogP) is 1.02. The average molecular weight is 298 g/mol. The molecular weight excluding hydrogens is 280 g/mol. The van der Waals surface area contributed by atoms with E-state index in [1.54, 1.807) is 17.9 Å². The Hall–Kier alpha value is -1.63. The van der Waals surface area contributed by atoms with E-state index in [0.29, 0.717) is 12.4 Å². The zero-order chi connectivity index (χ0) is 14.8. The molecule has 0 radical (unpaired) electrons. The van der Waals surface area contributed by atoms with Gasteiger partial charge in [0.1, 0.15) is 17.3 Å². The summed E-state index contributed by atoms with van der Waals surface area (Å²) in [6, 6.07) is 3.25. The number of hydrogen-bond donors (Lipinski definition) is 0. The fourth-order valence-electron chi connectivity index (χ4n) is 2.00. The van der Waals surface area contributed by atoms with E-state index in [4.69, 9.17) is 4.74 Å². The normalized spacial score (nSPS) is 14.9. The van der Waals surface area contributed by atoms with Gasteiger partial charge >= 0.3 is 5.97 Å². The van der Waals surface area contributed by atoms with Crippen molar-refractivity contribution in [2.45, 2.75) is 30.7 Å². The van der Waals surface area contributed by atoms with Crippen LogP contribution in [0.25, 0.3) is 0 Å². The summed E-state index contributed by atoms with van der Waals surface area (Å²) in [5, 5.41) is 0. The lowest BCUT2D eigenvalue weighted by atomic mass is 10.4. The van der Waals surface area contributed by atoms with Crippen LogP contribution in [-0.2, 0) is 19.4 Å². The molecule has 2 rings (SSSR count). The molecule has 0 aliphatic heterocycles. The van der Waals surface area contributed by atoms with Crippen LogP contribution in [0.5, 0.6) is 0 Å². The van der Waals surface area contributed by atoms with Crippen LogP contribution in [0.2, 0.25) is 0 Å². The second kappa shape index (κ2) is 5.78. The number of ether oxygens (including phenoxy) is 1. The van der Waals surface area contributed by atoms with Gasteiger partial charge < -0.3 is 9.64 Å². The Balaban J connectivity index is 2.33. The highest BCUT2D eigenvalue weighted by atomic mass is 32.2. The average Bonchev–Trinajstić information content (AvgIpc) is 3.19. The SMILES string of the molecule is CCOC(=O)CN(c1ncccc1S(C)(=O)=O)C1CC1. The molecule has 0 bridgehead atoms. The summed E-state index contributed by atoms with van der Waals surface area (Å²) in [7, 11) is -3.39. The molecule has 0 aromatic carbocycles. The number of pyridine rings is 1. The summed E-state index contributed by atoms with van der Waals surface area (Å²) in [4.78, 5) is 17.7. The monoisotopic (exact) mass is 298 g/mol. The lowest BCUT2D eigenvalue weighted by Gasteiger charge is -2.24. The summed E-state index contributed by atoms with van der Waals surface area (Å²) < 4.78 is 28.6. The Bertz CT molecular complexity index is 596. The summed E-state index contributed by atoms with van der Waals surface area (Å²) in [5.41, 5.74) is 0. The Morgan fingerprint density at radius 2 is 2.20 bits per heavy atom. The molecule has 0 amide bonds. The van der Waals surface area contributed by atoms with Crippen molar-refractivity contribution in [2.24, 2.45) is 0 Å². The van der Waals surface area contributed by atoms with E-state index in [2.05, 4.69) is 4.98 Å². The van der Waals surface area contributed by atoms with Gasteiger partial charge in [0, 0.05) is 18.5 Å². The van der Waals surface area contributed by atoms with Gasteiger partial charge in [-0.2, -0.15) is 0 Å². The molecule has 1 saturated carbocycles. The number of sulfone groups is 1. The van der Waals surface area contributed by atoms with Crippen LogP contribution in [0.15, 0.2) is 23.2 Å². The van der Waals surface area contributed by atoms with Gasteiger partial charge in [0.2, 0.25) is 0 Å². The number of carbonyl (C=O) groups excluding carboxylic acids is 1. The molecule has 0 atom stereocenters. The molecule has 110 valence electrons. The number of esters is 1. The Labute approximate surface area is 118 Å². The summed E-state index contributed by atoms with van der Waals surface area (Å²) >= 11 is 0. The van der Waals surface area contributed by atoms with Crippen LogP contribution >= 0.6 is 0 Å². The number of carbonyl (C=O) groups is 1. The topological polar surface area (TPSA) is 76.6 Å². The Morgan fingerprint density at radius 3 is 2.75 bits per heavy atom. The quantitative estimate of drug-likeness (QED) is 0.730. The molecule has 20 heavy (non-hydrogen) atoms. The minimum Gasteiger partial charge on any atom is -0.465 e. The highest BCUT2D eigenvalue weighted by Gasteiger charge is 2.34. The molecule has 7 heteroatoms. The summed E-state index contributed by atoms with van der Waals surface area (Å²) in [5.74, 6) is -0.0324. The molecule has 1 aromatic heterocycles. The van der Waals surface area contributed by atoms with E-state index in [1.807, 2.05) is 0 Å². The molecule has 1 aliphatic carbocycles. The maximum atomic E-state index is 11.8. The number of aromatic nitrogens is 1. The third-order valence-electron chi connectivity index (χ3n) is 3.01. The smallest absolute Gasteiger partial charge is 0.325 e. The Kier molecular flexibility index (Phi) is 4.27. The molecule has 0 N–H and O–H groups in total. The highest BCUT2D eigenvalue weighted by Crippen LogP contribution is 2.33. The highest BCUT2D eigenvalue weighted by molar-refractivity contribution is 7.90. The first-order chi connectivity index (χ1) is 9.43. The Morgan fingerprint density at radius 1 is 1.50 bits per heavy atom. The fourth-order valence-corrected chi connectivity index (χ4v) is 2.82. The minimum absolute atomic E-state index is 0.0258.